The monoisotopic (exact) mass is 255 g/mol. The van der Waals surface area contributed by atoms with E-state index in [1.807, 2.05) is 30.3 Å². The molecule has 0 saturated heterocycles. The minimum Gasteiger partial charge on any atom is -0.399 e. The van der Waals surface area contributed by atoms with Gasteiger partial charge in [-0.15, -0.1) is 0 Å². The molecule has 0 saturated carbocycles. The summed E-state index contributed by atoms with van der Waals surface area (Å²) < 4.78 is 0. The van der Waals surface area contributed by atoms with Gasteiger partial charge in [-0.1, -0.05) is 30.3 Å². The van der Waals surface area contributed by atoms with Crippen LogP contribution in [0.2, 0.25) is 0 Å². The fraction of sp³-hybridized carbons (Fsp3) is 0.133. The number of hydrogen-bond donors (Lipinski definition) is 3. The second kappa shape index (κ2) is 5.91. The van der Waals surface area contributed by atoms with E-state index in [1.165, 1.54) is 5.56 Å². The first-order valence-electron chi connectivity index (χ1n) is 6.14. The molecule has 98 valence electrons. The predicted molar refractivity (Wildman–Crippen MR) is 77.7 cm³/mol. The lowest BCUT2D eigenvalue weighted by Crippen LogP contribution is -2.26. The first-order chi connectivity index (χ1) is 9.16. The predicted octanol–water partition coefficient (Wildman–Crippen LogP) is 1.82. The van der Waals surface area contributed by atoms with Gasteiger partial charge in [0, 0.05) is 17.9 Å². The van der Waals surface area contributed by atoms with Crippen molar-refractivity contribution in [1.82, 2.24) is 5.32 Å². The molecule has 0 spiro atoms. The molecule has 19 heavy (non-hydrogen) atoms. The first-order valence-corrected chi connectivity index (χ1v) is 6.14. The van der Waals surface area contributed by atoms with Crippen molar-refractivity contribution < 1.29 is 4.79 Å². The zero-order valence-corrected chi connectivity index (χ0v) is 10.6. The standard InChI is InChI=1S/C15H17N3O/c16-12-6-7-13(14(17)10-12)15(19)18-9-8-11-4-2-1-3-5-11/h1-7,10H,8-9,16-17H2,(H,18,19). The largest absolute Gasteiger partial charge is 0.399 e. The Morgan fingerprint density at radius 2 is 1.79 bits per heavy atom. The Hall–Kier alpha value is -2.49. The lowest BCUT2D eigenvalue weighted by molar-refractivity contribution is 0.0955. The molecule has 2 aromatic rings. The molecule has 0 aliphatic heterocycles. The summed E-state index contributed by atoms with van der Waals surface area (Å²) in [5.41, 5.74) is 14.0. The van der Waals surface area contributed by atoms with Gasteiger partial charge in [-0.05, 0) is 30.2 Å². The summed E-state index contributed by atoms with van der Waals surface area (Å²) in [6.45, 7) is 0.576. The molecule has 0 heterocycles. The van der Waals surface area contributed by atoms with Crippen LogP contribution < -0.4 is 16.8 Å². The van der Waals surface area contributed by atoms with Gasteiger partial charge in [0.1, 0.15) is 0 Å². The zero-order chi connectivity index (χ0) is 13.7. The molecule has 1 amide bonds. The topological polar surface area (TPSA) is 81.1 Å². The van der Waals surface area contributed by atoms with E-state index in [-0.39, 0.29) is 5.91 Å². The maximum atomic E-state index is 11.9. The second-order valence-corrected chi connectivity index (χ2v) is 4.34. The average molecular weight is 255 g/mol. The van der Waals surface area contributed by atoms with E-state index < -0.39 is 0 Å². The number of rotatable bonds is 4. The number of benzene rings is 2. The highest BCUT2D eigenvalue weighted by atomic mass is 16.1. The lowest BCUT2D eigenvalue weighted by Gasteiger charge is -2.08. The third-order valence-electron chi connectivity index (χ3n) is 2.86. The van der Waals surface area contributed by atoms with Crippen LogP contribution in [-0.4, -0.2) is 12.5 Å². The number of carbonyl (C=O) groups is 1. The first kappa shape index (κ1) is 13.0. The summed E-state index contributed by atoms with van der Waals surface area (Å²) in [5, 5.41) is 2.85. The van der Waals surface area contributed by atoms with E-state index in [0.29, 0.717) is 23.5 Å². The Bertz CT molecular complexity index is 567. The van der Waals surface area contributed by atoms with Gasteiger partial charge in [-0.2, -0.15) is 0 Å². The number of amides is 1. The van der Waals surface area contributed by atoms with E-state index in [9.17, 15) is 4.79 Å². The van der Waals surface area contributed by atoms with Crippen LogP contribution in [0.4, 0.5) is 11.4 Å². The van der Waals surface area contributed by atoms with Gasteiger partial charge >= 0.3 is 0 Å². The van der Waals surface area contributed by atoms with Gasteiger partial charge in [0.05, 0.1) is 5.56 Å². The number of carbonyl (C=O) groups excluding carboxylic acids is 1. The van der Waals surface area contributed by atoms with E-state index in [4.69, 9.17) is 11.5 Å². The van der Waals surface area contributed by atoms with Crippen molar-refractivity contribution in [2.24, 2.45) is 0 Å². The average Bonchev–Trinajstić information content (AvgIpc) is 2.39. The van der Waals surface area contributed by atoms with Crippen molar-refractivity contribution >= 4 is 17.3 Å². The molecule has 0 aliphatic rings. The summed E-state index contributed by atoms with van der Waals surface area (Å²) in [6.07, 6.45) is 0.793. The minimum absolute atomic E-state index is 0.173. The molecule has 0 atom stereocenters. The van der Waals surface area contributed by atoms with Crippen molar-refractivity contribution in [2.45, 2.75) is 6.42 Å². The van der Waals surface area contributed by atoms with Gasteiger partial charge in [0.15, 0.2) is 0 Å². The van der Waals surface area contributed by atoms with Crippen LogP contribution in [0.25, 0.3) is 0 Å². The number of nitrogen functional groups attached to an aromatic ring is 2. The number of anilines is 2. The lowest BCUT2D eigenvalue weighted by atomic mass is 10.1. The molecule has 0 bridgehead atoms. The fourth-order valence-electron chi connectivity index (χ4n) is 1.85. The van der Waals surface area contributed by atoms with E-state index in [1.54, 1.807) is 18.2 Å². The third-order valence-corrected chi connectivity index (χ3v) is 2.86. The normalized spacial score (nSPS) is 10.1. The van der Waals surface area contributed by atoms with Gasteiger partial charge < -0.3 is 16.8 Å². The van der Waals surface area contributed by atoms with Crippen molar-refractivity contribution in [1.29, 1.82) is 0 Å². The summed E-state index contributed by atoms with van der Waals surface area (Å²) in [5.74, 6) is -0.173. The van der Waals surface area contributed by atoms with Crippen LogP contribution >= 0.6 is 0 Å². The maximum Gasteiger partial charge on any atom is 0.253 e. The molecule has 4 heteroatoms. The second-order valence-electron chi connectivity index (χ2n) is 4.34. The molecule has 0 radical (unpaired) electrons. The van der Waals surface area contributed by atoms with E-state index in [2.05, 4.69) is 5.32 Å². The molecular weight excluding hydrogens is 238 g/mol. The van der Waals surface area contributed by atoms with Crippen molar-refractivity contribution in [3.05, 3.63) is 59.7 Å². The number of nitrogens with one attached hydrogen (secondary N) is 1. The maximum absolute atomic E-state index is 11.9. The molecule has 4 nitrogen and oxygen atoms in total. The van der Waals surface area contributed by atoms with Crippen molar-refractivity contribution in [3.8, 4) is 0 Å². The smallest absolute Gasteiger partial charge is 0.253 e. The van der Waals surface area contributed by atoms with Crippen molar-refractivity contribution in [2.75, 3.05) is 18.0 Å². The molecule has 0 aliphatic carbocycles. The molecular formula is C15H17N3O. The van der Waals surface area contributed by atoms with Gasteiger partial charge in [-0.25, -0.2) is 0 Å². The summed E-state index contributed by atoms with van der Waals surface area (Å²) in [7, 11) is 0. The van der Waals surface area contributed by atoms with Crippen LogP contribution in [-0.2, 0) is 6.42 Å². The SMILES string of the molecule is Nc1ccc(C(=O)NCCc2ccccc2)c(N)c1. The van der Waals surface area contributed by atoms with Crippen LogP contribution in [0.5, 0.6) is 0 Å². The summed E-state index contributed by atoms with van der Waals surface area (Å²) in [6, 6.07) is 14.9. The molecule has 0 fully saturated rings. The summed E-state index contributed by atoms with van der Waals surface area (Å²) >= 11 is 0. The van der Waals surface area contributed by atoms with Crippen LogP contribution in [0.1, 0.15) is 15.9 Å². The van der Waals surface area contributed by atoms with Gasteiger partial charge in [0.2, 0.25) is 0 Å². The molecule has 5 N–H and O–H groups in total. The zero-order valence-electron chi connectivity index (χ0n) is 10.6. The minimum atomic E-state index is -0.173. The molecule has 2 aromatic carbocycles. The van der Waals surface area contributed by atoms with Gasteiger partial charge in [0.25, 0.3) is 5.91 Å². The quantitative estimate of drug-likeness (QED) is 0.729. The van der Waals surface area contributed by atoms with Crippen molar-refractivity contribution in [3.63, 3.8) is 0 Å². The Morgan fingerprint density at radius 1 is 1.05 bits per heavy atom. The highest BCUT2D eigenvalue weighted by molar-refractivity contribution is 5.99. The third kappa shape index (κ3) is 3.48. The van der Waals surface area contributed by atoms with Crippen LogP contribution in [0.15, 0.2) is 48.5 Å². The van der Waals surface area contributed by atoms with Crippen LogP contribution in [0, 0.1) is 0 Å². The molecule has 2 rings (SSSR count). The Kier molecular flexibility index (Phi) is 4.03. The summed E-state index contributed by atoms with van der Waals surface area (Å²) in [4.78, 5) is 11.9. The van der Waals surface area contributed by atoms with Gasteiger partial charge in [-0.3, -0.25) is 4.79 Å². The van der Waals surface area contributed by atoms with E-state index >= 15 is 0 Å². The van der Waals surface area contributed by atoms with Crippen LogP contribution in [0.3, 0.4) is 0 Å². The highest BCUT2D eigenvalue weighted by Crippen LogP contribution is 2.15. The molecule has 0 aromatic heterocycles. The molecule has 0 unspecified atom stereocenters. The Labute approximate surface area is 112 Å². The number of nitrogens with two attached hydrogens (primary N) is 2. The number of hydrogen-bond acceptors (Lipinski definition) is 3. The Morgan fingerprint density at radius 3 is 2.47 bits per heavy atom. The van der Waals surface area contributed by atoms with E-state index in [0.717, 1.165) is 6.42 Å². The highest BCUT2D eigenvalue weighted by Gasteiger charge is 2.08. The fourth-order valence-corrected chi connectivity index (χ4v) is 1.85. The Balaban J connectivity index is 1.91.